The van der Waals surface area contributed by atoms with Crippen molar-refractivity contribution in [3.63, 3.8) is 0 Å². The molecular formula is C16H18FN3O6. The van der Waals surface area contributed by atoms with Gasteiger partial charge in [0.2, 0.25) is 5.82 Å². The van der Waals surface area contributed by atoms with Gasteiger partial charge in [0.05, 0.1) is 22.1 Å². The molecule has 2 aromatic rings. The SMILES string of the molecule is CC(C)OC(=O)CCCCn1c(=O)c(=O)[nH]c2cc([N+](=O)[O-])c(F)cc21. The van der Waals surface area contributed by atoms with Crippen LogP contribution in [-0.2, 0) is 16.1 Å². The highest BCUT2D eigenvalue weighted by Gasteiger charge is 2.18. The fourth-order valence-electron chi connectivity index (χ4n) is 2.51. The molecule has 0 aliphatic heterocycles. The highest BCUT2D eigenvalue weighted by Crippen LogP contribution is 2.22. The molecule has 26 heavy (non-hydrogen) atoms. The Bertz CT molecular complexity index is 963. The minimum atomic E-state index is -1.11. The van der Waals surface area contributed by atoms with Crippen molar-refractivity contribution in [2.24, 2.45) is 0 Å². The van der Waals surface area contributed by atoms with E-state index in [4.69, 9.17) is 4.74 Å². The first-order valence-corrected chi connectivity index (χ1v) is 8.01. The van der Waals surface area contributed by atoms with E-state index in [1.165, 1.54) is 0 Å². The van der Waals surface area contributed by atoms with Crippen molar-refractivity contribution in [1.29, 1.82) is 0 Å². The van der Waals surface area contributed by atoms with E-state index in [0.717, 1.165) is 16.7 Å². The molecule has 9 nitrogen and oxygen atoms in total. The molecule has 0 saturated carbocycles. The first kappa shape index (κ1) is 19.3. The van der Waals surface area contributed by atoms with E-state index < -0.39 is 27.5 Å². The summed E-state index contributed by atoms with van der Waals surface area (Å²) in [7, 11) is 0. The Kier molecular flexibility index (Phi) is 5.86. The lowest BCUT2D eigenvalue weighted by Crippen LogP contribution is -2.36. The maximum absolute atomic E-state index is 13.9. The Balaban J connectivity index is 2.26. The first-order valence-electron chi connectivity index (χ1n) is 8.01. The fourth-order valence-corrected chi connectivity index (χ4v) is 2.51. The summed E-state index contributed by atoms with van der Waals surface area (Å²) in [6.07, 6.45) is 0.695. The van der Waals surface area contributed by atoms with Gasteiger partial charge >= 0.3 is 22.8 Å². The molecule has 0 atom stereocenters. The summed E-state index contributed by atoms with van der Waals surface area (Å²) in [6.45, 7) is 3.52. The van der Waals surface area contributed by atoms with Gasteiger partial charge < -0.3 is 14.3 Å². The summed E-state index contributed by atoms with van der Waals surface area (Å²) in [6, 6.07) is 1.72. The van der Waals surface area contributed by atoms with E-state index in [9.17, 15) is 28.9 Å². The number of halogens is 1. The molecule has 0 amide bonds. The molecule has 1 heterocycles. The Morgan fingerprint density at radius 3 is 2.65 bits per heavy atom. The molecule has 140 valence electrons. The topological polar surface area (TPSA) is 124 Å². The smallest absolute Gasteiger partial charge is 0.316 e. The lowest BCUT2D eigenvalue weighted by molar-refractivity contribution is -0.387. The van der Waals surface area contributed by atoms with E-state index in [0.29, 0.717) is 12.8 Å². The number of fused-ring (bicyclic) bond motifs is 1. The van der Waals surface area contributed by atoms with Crippen LogP contribution in [-0.4, -0.2) is 26.5 Å². The van der Waals surface area contributed by atoms with Gasteiger partial charge in [-0.25, -0.2) is 0 Å². The van der Waals surface area contributed by atoms with Gasteiger partial charge in [0.15, 0.2) is 0 Å². The maximum atomic E-state index is 13.9. The number of ether oxygens (including phenoxy) is 1. The second-order valence-electron chi connectivity index (χ2n) is 5.98. The third-order valence-electron chi connectivity index (χ3n) is 3.62. The third kappa shape index (κ3) is 4.32. The summed E-state index contributed by atoms with van der Waals surface area (Å²) < 4.78 is 19.9. The number of nitrogens with one attached hydrogen (secondary N) is 1. The Hall–Kier alpha value is -3.04. The van der Waals surface area contributed by atoms with Gasteiger partial charge in [-0.3, -0.25) is 24.5 Å². The molecule has 0 radical (unpaired) electrons. The van der Waals surface area contributed by atoms with Crippen molar-refractivity contribution in [2.75, 3.05) is 0 Å². The number of carbonyl (C=O) groups excluding carboxylic acids is 1. The molecule has 0 bridgehead atoms. The van der Waals surface area contributed by atoms with Crippen LogP contribution in [0, 0.1) is 15.9 Å². The summed E-state index contributed by atoms with van der Waals surface area (Å²) in [5.74, 6) is -1.48. The van der Waals surface area contributed by atoms with Crippen LogP contribution in [0.5, 0.6) is 0 Å². The van der Waals surface area contributed by atoms with Gasteiger partial charge in [-0.1, -0.05) is 0 Å². The van der Waals surface area contributed by atoms with Crippen molar-refractivity contribution in [3.05, 3.63) is 48.8 Å². The first-order chi connectivity index (χ1) is 12.2. The standard InChI is InChI=1S/C16H18FN3O6/c1-9(2)26-14(21)5-3-4-6-19-13-7-10(17)12(20(24)25)8-11(13)18-15(22)16(19)23/h7-9H,3-6H2,1-2H3,(H,18,22). The molecule has 0 aliphatic carbocycles. The van der Waals surface area contributed by atoms with Crippen LogP contribution in [0.1, 0.15) is 33.1 Å². The van der Waals surface area contributed by atoms with Crippen molar-refractivity contribution in [1.82, 2.24) is 9.55 Å². The number of rotatable bonds is 7. The van der Waals surface area contributed by atoms with Crippen LogP contribution >= 0.6 is 0 Å². The van der Waals surface area contributed by atoms with Gasteiger partial charge in [-0.15, -0.1) is 0 Å². The lowest BCUT2D eigenvalue weighted by atomic mass is 10.2. The molecule has 1 aromatic carbocycles. The second kappa shape index (κ2) is 7.89. The zero-order valence-electron chi connectivity index (χ0n) is 14.3. The molecule has 0 aliphatic rings. The number of esters is 1. The van der Waals surface area contributed by atoms with E-state index >= 15 is 0 Å². The molecule has 10 heteroatoms. The zero-order chi connectivity index (χ0) is 19.4. The van der Waals surface area contributed by atoms with Crippen LogP contribution in [0.15, 0.2) is 21.7 Å². The molecule has 1 aromatic heterocycles. The number of nitro groups is 1. The van der Waals surface area contributed by atoms with E-state index in [-0.39, 0.29) is 36.1 Å². The summed E-state index contributed by atoms with van der Waals surface area (Å²) >= 11 is 0. The van der Waals surface area contributed by atoms with Gasteiger partial charge in [0.25, 0.3) is 0 Å². The fraction of sp³-hybridized carbons (Fsp3) is 0.438. The van der Waals surface area contributed by atoms with Gasteiger partial charge in [-0.05, 0) is 26.7 Å². The quantitative estimate of drug-likeness (QED) is 0.262. The largest absolute Gasteiger partial charge is 0.463 e. The van der Waals surface area contributed by atoms with E-state index in [2.05, 4.69) is 4.98 Å². The molecule has 0 fully saturated rings. The van der Waals surface area contributed by atoms with Crippen molar-refractivity contribution in [3.8, 4) is 0 Å². The number of aryl methyl sites for hydroxylation is 1. The Labute approximate surface area is 146 Å². The van der Waals surface area contributed by atoms with Crippen molar-refractivity contribution >= 4 is 22.7 Å². The van der Waals surface area contributed by atoms with Crippen LogP contribution in [0.4, 0.5) is 10.1 Å². The number of hydrogen-bond acceptors (Lipinski definition) is 6. The van der Waals surface area contributed by atoms with Crippen LogP contribution in [0.3, 0.4) is 0 Å². The number of nitrogens with zero attached hydrogens (tertiary/aromatic N) is 2. The summed E-state index contributed by atoms with van der Waals surface area (Å²) in [4.78, 5) is 47.4. The van der Waals surface area contributed by atoms with Crippen molar-refractivity contribution < 1.29 is 18.8 Å². The Morgan fingerprint density at radius 2 is 2.04 bits per heavy atom. The average Bonchev–Trinajstić information content (AvgIpc) is 2.54. The highest BCUT2D eigenvalue weighted by molar-refractivity contribution is 5.77. The van der Waals surface area contributed by atoms with Crippen molar-refractivity contribution in [2.45, 2.75) is 45.8 Å². The van der Waals surface area contributed by atoms with E-state index in [1.807, 2.05) is 0 Å². The number of carbonyl (C=O) groups is 1. The number of H-pyrrole nitrogens is 1. The molecule has 0 saturated heterocycles. The zero-order valence-corrected chi connectivity index (χ0v) is 14.3. The summed E-state index contributed by atoms with van der Waals surface area (Å²) in [5, 5.41) is 10.8. The number of nitro benzene ring substituents is 1. The maximum Gasteiger partial charge on any atom is 0.316 e. The molecule has 0 spiro atoms. The summed E-state index contributed by atoms with van der Waals surface area (Å²) in [5.41, 5.74) is -2.62. The number of unbranched alkanes of at least 4 members (excludes halogenated alkanes) is 1. The third-order valence-corrected chi connectivity index (χ3v) is 3.62. The van der Waals surface area contributed by atoms with Gasteiger partial charge in [-0.2, -0.15) is 4.39 Å². The lowest BCUT2D eigenvalue weighted by Gasteiger charge is -2.10. The highest BCUT2D eigenvalue weighted by atomic mass is 19.1. The predicted octanol–water partition coefficient (Wildman–Crippen LogP) is 1.86. The monoisotopic (exact) mass is 367 g/mol. The van der Waals surface area contributed by atoms with Crippen LogP contribution in [0.2, 0.25) is 0 Å². The molecular weight excluding hydrogens is 349 g/mol. The number of aromatic amines is 1. The van der Waals surface area contributed by atoms with Gasteiger partial charge in [0, 0.05) is 25.1 Å². The van der Waals surface area contributed by atoms with Gasteiger partial charge in [0.1, 0.15) is 0 Å². The average molecular weight is 367 g/mol. The van der Waals surface area contributed by atoms with Crippen LogP contribution < -0.4 is 11.1 Å². The van der Waals surface area contributed by atoms with Crippen LogP contribution in [0.25, 0.3) is 11.0 Å². The van der Waals surface area contributed by atoms with E-state index in [1.54, 1.807) is 13.8 Å². The number of hydrogen-bond donors (Lipinski definition) is 1. The minimum absolute atomic E-state index is 0.0121. The molecule has 0 unspecified atom stereocenters. The normalized spacial score (nSPS) is 11.1. The molecule has 1 N–H and O–H groups in total. The predicted molar refractivity (Wildman–Crippen MR) is 90.5 cm³/mol. The molecule has 2 rings (SSSR count). The number of aromatic nitrogens is 2. The Morgan fingerprint density at radius 1 is 1.35 bits per heavy atom. The minimum Gasteiger partial charge on any atom is -0.463 e. The number of benzene rings is 1. The second-order valence-corrected chi connectivity index (χ2v) is 5.98.